The van der Waals surface area contributed by atoms with Gasteiger partial charge in [-0.15, -0.1) is 0 Å². The van der Waals surface area contributed by atoms with E-state index in [2.05, 4.69) is 74.5 Å². The quantitative estimate of drug-likeness (QED) is 0.703. The van der Waals surface area contributed by atoms with Crippen LogP contribution in [0.15, 0.2) is 66.2 Å². The first kappa shape index (κ1) is 12.8. The van der Waals surface area contributed by atoms with Crippen molar-refractivity contribution in [1.82, 2.24) is 0 Å². The first-order valence-corrected chi connectivity index (χ1v) is 6.99. The summed E-state index contributed by atoms with van der Waals surface area (Å²) in [5.74, 6) is 0. The zero-order chi connectivity index (χ0) is 12.8. The van der Waals surface area contributed by atoms with Gasteiger partial charge in [-0.1, -0.05) is 74.9 Å². The van der Waals surface area contributed by atoms with Gasteiger partial charge in [0.2, 0.25) is 0 Å². The van der Waals surface area contributed by atoms with Crippen LogP contribution in [0.25, 0.3) is 6.08 Å². The van der Waals surface area contributed by atoms with Crippen molar-refractivity contribution < 1.29 is 0 Å². The summed E-state index contributed by atoms with van der Waals surface area (Å²) >= 11 is 0. The van der Waals surface area contributed by atoms with Crippen LogP contribution in [0.3, 0.4) is 0 Å². The Balaban J connectivity index is 2.21. The lowest BCUT2D eigenvalue weighted by molar-refractivity contribution is 1.59. The van der Waals surface area contributed by atoms with Crippen molar-refractivity contribution in [2.45, 2.75) is 13.8 Å². The highest BCUT2D eigenvalue weighted by Crippen LogP contribution is 2.12. The summed E-state index contributed by atoms with van der Waals surface area (Å²) in [7, 11) is 1.29. The Hall–Kier alpha value is -1.65. The van der Waals surface area contributed by atoms with Crippen LogP contribution in [0.2, 0.25) is 0 Å². The summed E-state index contributed by atoms with van der Waals surface area (Å²) in [6.45, 7) is 4.38. The lowest BCUT2D eigenvalue weighted by atomic mass is 10.1. The van der Waals surface area contributed by atoms with Crippen molar-refractivity contribution in [1.29, 1.82) is 0 Å². The maximum absolute atomic E-state index is 2.24. The molecule has 0 unspecified atom stereocenters. The van der Waals surface area contributed by atoms with Crippen LogP contribution in [-0.2, 0) is 0 Å². The summed E-state index contributed by atoms with van der Waals surface area (Å²) in [6, 6.07) is 21.0. The van der Waals surface area contributed by atoms with E-state index < -0.39 is 0 Å². The maximum atomic E-state index is 2.24. The van der Waals surface area contributed by atoms with E-state index in [1.165, 1.54) is 29.9 Å². The third-order valence-corrected chi connectivity index (χ3v) is 4.05. The van der Waals surface area contributed by atoms with Crippen LogP contribution >= 0.6 is 8.20 Å². The minimum atomic E-state index is 1.26. The normalized spacial score (nSPS) is 12.6. The molecule has 0 radical (unpaired) electrons. The molecule has 0 heterocycles. The fraction of sp³-hybridized carbons (Fsp3) is 0.118. The van der Waals surface area contributed by atoms with Gasteiger partial charge in [0.25, 0.3) is 0 Å². The second-order valence-electron chi connectivity index (χ2n) is 4.27. The second kappa shape index (κ2) is 6.33. The van der Waals surface area contributed by atoms with Crippen LogP contribution < -0.4 is 5.30 Å². The van der Waals surface area contributed by atoms with Crippen molar-refractivity contribution in [3.63, 3.8) is 0 Å². The summed E-state index contributed by atoms with van der Waals surface area (Å²) in [6.07, 6.45) is 2.24. The Morgan fingerprint density at radius 3 is 2.00 bits per heavy atom. The van der Waals surface area contributed by atoms with Crippen molar-refractivity contribution in [3.8, 4) is 0 Å². The van der Waals surface area contributed by atoms with E-state index in [1.807, 2.05) is 6.07 Å². The van der Waals surface area contributed by atoms with Crippen molar-refractivity contribution >= 4 is 24.9 Å². The molecule has 0 nitrogen and oxygen atoms in total. The topological polar surface area (TPSA) is 0 Å². The molecule has 90 valence electrons. The van der Waals surface area contributed by atoms with Crippen LogP contribution in [0, 0.1) is 0 Å². The zero-order valence-corrected chi connectivity index (χ0v) is 11.7. The molecular weight excluding hydrogens is 235 g/mol. The van der Waals surface area contributed by atoms with Crippen molar-refractivity contribution in [3.05, 3.63) is 71.8 Å². The molecule has 0 aliphatic rings. The predicted octanol–water partition coefficient (Wildman–Crippen LogP) is 4.55. The maximum Gasteiger partial charge on any atom is 0.00203 e. The fourth-order valence-electron chi connectivity index (χ4n) is 1.69. The third kappa shape index (κ3) is 3.68. The number of hydrogen-bond acceptors (Lipinski definition) is 0. The van der Waals surface area contributed by atoms with Gasteiger partial charge >= 0.3 is 0 Å². The Morgan fingerprint density at radius 1 is 0.833 bits per heavy atom. The monoisotopic (exact) mass is 252 g/mol. The summed E-state index contributed by atoms with van der Waals surface area (Å²) in [5.41, 5.74) is 2.60. The van der Waals surface area contributed by atoms with Gasteiger partial charge in [-0.2, -0.15) is 0 Å². The number of hydrogen-bond donors (Lipinski definition) is 0. The molecule has 2 rings (SSSR count). The molecule has 0 N–H and O–H groups in total. The van der Waals surface area contributed by atoms with Crippen molar-refractivity contribution in [2.24, 2.45) is 0 Å². The van der Waals surface area contributed by atoms with Crippen LogP contribution in [0.4, 0.5) is 0 Å². The molecule has 0 saturated heterocycles. The third-order valence-electron chi connectivity index (χ3n) is 2.81. The van der Waals surface area contributed by atoms with Gasteiger partial charge in [-0.05, 0) is 30.3 Å². The van der Waals surface area contributed by atoms with Gasteiger partial charge in [-0.3, -0.25) is 0 Å². The van der Waals surface area contributed by atoms with Gasteiger partial charge in [0, 0.05) is 5.30 Å². The largest absolute Gasteiger partial charge is 0.0649 e. The highest BCUT2D eigenvalue weighted by Gasteiger charge is 1.95. The van der Waals surface area contributed by atoms with E-state index in [0.29, 0.717) is 0 Å². The SMILES string of the molecule is CC(=Pc1ccccc1)/C(C)=C\c1ccccc1. The van der Waals surface area contributed by atoms with Gasteiger partial charge in [0.15, 0.2) is 0 Å². The smallest absolute Gasteiger partial charge is 0.00203 e. The summed E-state index contributed by atoms with van der Waals surface area (Å²) < 4.78 is 0. The second-order valence-corrected chi connectivity index (χ2v) is 5.68. The lowest BCUT2D eigenvalue weighted by Gasteiger charge is -2.02. The van der Waals surface area contributed by atoms with E-state index in [4.69, 9.17) is 0 Å². The molecule has 18 heavy (non-hydrogen) atoms. The zero-order valence-electron chi connectivity index (χ0n) is 10.8. The highest BCUT2D eigenvalue weighted by molar-refractivity contribution is 7.49. The van der Waals surface area contributed by atoms with E-state index in [1.54, 1.807) is 0 Å². The first-order chi connectivity index (χ1) is 8.75. The summed E-state index contributed by atoms with van der Waals surface area (Å²) in [4.78, 5) is 0. The van der Waals surface area contributed by atoms with Gasteiger partial charge in [0.05, 0.1) is 0 Å². The van der Waals surface area contributed by atoms with Crippen LogP contribution in [-0.4, -0.2) is 5.29 Å². The average molecular weight is 252 g/mol. The minimum absolute atomic E-state index is 1.26. The number of benzene rings is 2. The van der Waals surface area contributed by atoms with Gasteiger partial charge in [0.1, 0.15) is 0 Å². The molecule has 0 aliphatic heterocycles. The molecule has 0 saturated carbocycles. The molecule has 0 aliphatic carbocycles. The average Bonchev–Trinajstić information content (AvgIpc) is 2.41. The Labute approximate surface area is 111 Å². The number of allylic oxidation sites excluding steroid dienone is 1. The molecule has 0 aromatic heterocycles. The Kier molecular flexibility index (Phi) is 4.50. The molecule has 0 amide bonds. The van der Waals surface area contributed by atoms with Gasteiger partial charge < -0.3 is 0 Å². The molecular formula is C17H17P. The number of rotatable bonds is 3. The Bertz CT molecular complexity index is 497. The summed E-state index contributed by atoms with van der Waals surface area (Å²) in [5, 5.41) is 2.74. The minimum Gasteiger partial charge on any atom is -0.0649 e. The van der Waals surface area contributed by atoms with Crippen molar-refractivity contribution in [2.75, 3.05) is 0 Å². The Morgan fingerprint density at radius 2 is 1.39 bits per heavy atom. The molecule has 2 aromatic carbocycles. The molecule has 0 fully saturated rings. The van der Waals surface area contributed by atoms with Crippen LogP contribution in [0.1, 0.15) is 19.4 Å². The highest BCUT2D eigenvalue weighted by atomic mass is 31.1. The van der Waals surface area contributed by atoms with E-state index >= 15 is 0 Å². The molecule has 0 atom stereocenters. The predicted molar refractivity (Wildman–Crippen MR) is 83.8 cm³/mol. The molecule has 2 aromatic rings. The van der Waals surface area contributed by atoms with Gasteiger partial charge in [-0.25, -0.2) is 0 Å². The van der Waals surface area contributed by atoms with Crippen LogP contribution in [0.5, 0.6) is 0 Å². The molecule has 0 spiro atoms. The van der Waals surface area contributed by atoms with E-state index in [9.17, 15) is 0 Å². The van der Waals surface area contributed by atoms with E-state index in [-0.39, 0.29) is 0 Å². The molecule has 1 heteroatoms. The first-order valence-electron chi connectivity index (χ1n) is 6.10. The van der Waals surface area contributed by atoms with E-state index in [0.717, 1.165) is 0 Å². The lowest BCUT2D eigenvalue weighted by Crippen LogP contribution is -1.95. The molecule has 0 bridgehead atoms. The fourth-order valence-corrected chi connectivity index (χ4v) is 2.64. The standard InChI is InChI=1S/C17H17P/c1-14(13-16-9-5-3-6-10-16)15(2)18-17-11-7-4-8-12-17/h3-13H,1-2H3/b14-13-.